The number of fused-ring (bicyclic) bond motifs is 1. The summed E-state index contributed by atoms with van der Waals surface area (Å²) in [7, 11) is 0. The molecule has 0 spiro atoms. The molecule has 0 aliphatic rings. The summed E-state index contributed by atoms with van der Waals surface area (Å²) < 4.78 is 11.2. The number of carbonyl (C=O) groups is 2. The first-order chi connectivity index (χ1) is 10.2. The number of esters is 2. The molecule has 1 heterocycles. The van der Waals surface area contributed by atoms with E-state index in [1.54, 1.807) is 6.92 Å². The molecule has 0 saturated carbocycles. The van der Waals surface area contributed by atoms with Crippen molar-refractivity contribution in [3.05, 3.63) is 30.9 Å². The molecule has 8 heteroatoms. The summed E-state index contributed by atoms with van der Waals surface area (Å²) in [6, 6.07) is 1.51. The first-order valence-electron chi connectivity index (χ1n) is 6.13. The van der Waals surface area contributed by atoms with Gasteiger partial charge in [0.05, 0.1) is 9.99 Å². The van der Waals surface area contributed by atoms with Crippen LogP contribution in [0.25, 0.3) is 10.9 Å². The first kappa shape index (κ1) is 16.7. The predicted molar refractivity (Wildman–Crippen MR) is 87.3 cm³/mol. The number of aryl methyl sites for hydroxylation is 1. The van der Waals surface area contributed by atoms with Crippen LogP contribution in [0.3, 0.4) is 0 Å². The lowest BCUT2D eigenvalue weighted by molar-refractivity contribution is -0.134. The molecule has 2 aromatic rings. The molecule has 0 aliphatic heterocycles. The van der Waals surface area contributed by atoms with E-state index in [2.05, 4.69) is 36.8 Å². The second-order valence-electron chi connectivity index (χ2n) is 4.52. The third-order valence-electron chi connectivity index (χ3n) is 2.84. The highest BCUT2D eigenvalue weighted by molar-refractivity contribution is 9.11. The highest BCUT2D eigenvalue weighted by Gasteiger charge is 2.20. The zero-order chi connectivity index (χ0) is 16.6. The molecule has 0 fully saturated rings. The van der Waals surface area contributed by atoms with Gasteiger partial charge in [-0.3, -0.25) is 14.4 Å². The van der Waals surface area contributed by atoms with Crippen LogP contribution in [0.1, 0.15) is 19.4 Å². The minimum Gasteiger partial charge on any atom is -0.423 e. The van der Waals surface area contributed by atoms with Gasteiger partial charge in [0.2, 0.25) is 0 Å². The molecule has 116 valence electrons. The Morgan fingerprint density at radius 1 is 1.14 bits per heavy atom. The summed E-state index contributed by atoms with van der Waals surface area (Å²) in [6.07, 6.45) is 0. The molecule has 22 heavy (non-hydrogen) atoms. The number of rotatable bonds is 2. The molecule has 0 atom stereocenters. The number of halogens is 2. The van der Waals surface area contributed by atoms with Crippen LogP contribution in [0.2, 0.25) is 0 Å². The van der Waals surface area contributed by atoms with Gasteiger partial charge in [0.1, 0.15) is 0 Å². The Hall–Kier alpha value is -1.67. The standard InChI is InChI=1S/C14H11Br2NO5/c1-5-10-8(15)4-9(21-6(2)18)13(22-7(3)19)12(10)17-14(20)11(5)16/h4H,1-3H3,(H,17,20). The Morgan fingerprint density at radius 3 is 2.27 bits per heavy atom. The van der Waals surface area contributed by atoms with Crippen molar-refractivity contribution in [1.29, 1.82) is 0 Å². The van der Waals surface area contributed by atoms with Crippen LogP contribution in [-0.2, 0) is 9.59 Å². The highest BCUT2D eigenvalue weighted by atomic mass is 79.9. The number of hydrogen-bond donors (Lipinski definition) is 1. The number of ether oxygens (including phenoxy) is 2. The van der Waals surface area contributed by atoms with Crippen molar-refractivity contribution in [2.24, 2.45) is 0 Å². The minimum atomic E-state index is -0.599. The van der Waals surface area contributed by atoms with Gasteiger partial charge in [-0.05, 0) is 50.4 Å². The average Bonchev–Trinajstić information content (AvgIpc) is 2.39. The van der Waals surface area contributed by atoms with Gasteiger partial charge in [0.25, 0.3) is 5.56 Å². The Kier molecular flexibility index (Phi) is 4.72. The van der Waals surface area contributed by atoms with Gasteiger partial charge in [-0.2, -0.15) is 0 Å². The van der Waals surface area contributed by atoms with Crippen LogP contribution in [0, 0.1) is 6.92 Å². The zero-order valence-electron chi connectivity index (χ0n) is 11.9. The maximum Gasteiger partial charge on any atom is 0.308 e. The second kappa shape index (κ2) is 6.21. The van der Waals surface area contributed by atoms with Crippen LogP contribution in [0.4, 0.5) is 0 Å². The van der Waals surface area contributed by atoms with E-state index < -0.39 is 11.9 Å². The quantitative estimate of drug-likeness (QED) is 0.581. The molecular formula is C14H11Br2NO5. The molecule has 1 aromatic carbocycles. The fraction of sp³-hybridized carbons (Fsp3) is 0.214. The first-order valence-corrected chi connectivity index (χ1v) is 7.72. The number of H-pyrrole nitrogens is 1. The average molecular weight is 433 g/mol. The lowest BCUT2D eigenvalue weighted by atomic mass is 10.1. The summed E-state index contributed by atoms with van der Waals surface area (Å²) in [5.74, 6) is -1.14. The topological polar surface area (TPSA) is 85.5 Å². The van der Waals surface area contributed by atoms with Crippen molar-refractivity contribution in [2.45, 2.75) is 20.8 Å². The number of pyridine rings is 1. The van der Waals surface area contributed by atoms with E-state index in [-0.39, 0.29) is 22.6 Å². The summed E-state index contributed by atoms with van der Waals surface area (Å²) in [6.45, 7) is 4.19. The maximum absolute atomic E-state index is 12.0. The Morgan fingerprint density at radius 2 is 1.73 bits per heavy atom. The smallest absolute Gasteiger partial charge is 0.308 e. The van der Waals surface area contributed by atoms with Crippen molar-refractivity contribution < 1.29 is 19.1 Å². The summed E-state index contributed by atoms with van der Waals surface area (Å²) in [5, 5.41) is 0.638. The Balaban J connectivity index is 2.93. The normalized spacial score (nSPS) is 10.6. The molecule has 0 radical (unpaired) electrons. The molecule has 0 aliphatic carbocycles. The van der Waals surface area contributed by atoms with E-state index in [0.717, 1.165) is 0 Å². The van der Waals surface area contributed by atoms with Crippen molar-refractivity contribution in [2.75, 3.05) is 0 Å². The van der Waals surface area contributed by atoms with Gasteiger partial charge in [-0.25, -0.2) is 0 Å². The third-order valence-corrected chi connectivity index (χ3v) is 4.42. The van der Waals surface area contributed by atoms with Crippen LogP contribution in [0.5, 0.6) is 11.5 Å². The van der Waals surface area contributed by atoms with E-state index >= 15 is 0 Å². The van der Waals surface area contributed by atoms with Crippen molar-refractivity contribution in [3.63, 3.8) is 0 Å². The predicted octanol–water partition coefficient (Wildman–Crippen LogP) is 3.21. The molecule has 6 nitrogen and oxygen atoms in total. The molecule has 0 amide bonds. The van der Waals surface area contributed by atoms with E-state index in [9.17, 15) is 14.4 Å². The lowest BCUT2D eigenvalue weighted by Crippen LogP contribution is -2.13. The number of hydrogen-bond acceptors (Lipinski definition) is 5. The molecule has 2 rings (SSSR count). The molecule has 0 bridgehead atoms. The van der Waals surface area contributed by atoms with E-state index in [1.165, 1.54) is 19.9 Å². The zero-order valence-corrected chi connectivity index (χ0v) is 15.0. The van der Waals surface area contributed by atoms with E-state index in [4.69, 9.17) is 9.47 Å². The van der Waals surface area contributed by atoms with Gasteiger partial charge in [0.15, 0.2) is 11.5 Å². The molecule has 1 N–H and O–H groups in total. The van der Waals surface area contributed by atoms with Crippen LogP contribution in [-0.4, -0.2) is 16.9 Å². The lowest BCUT2D eigenvalue weighted by Gasteiger charge is -2.14. The SMILES string of the molecule is CC(=O)Oc1cc(Br)c2c(C)c(Br)c(=O)[nH]c2c1OC(C)=O. The minimum absolute atomic E-state index is 0.00593. The number of carbonyl (C=O) groups excluding carboxylic acids is 2. The largest absolute Gasteiger partial charge is 0.423 e. The monoisotopic (exact) mass is 431 g/mol. The molecule has 0 saturated heterocycles. The van der Waals surface area contributed by atoms with Crippen LogP contribution in [0.15, 0.2) is 19.8 Å². The van der Waals surface area contributed by atoms with Crippen molar-refractivity contribution in [3.8, 4) is 11.5 Å². The van der Waals surface area contributed by atoms with Crippen LogP contribution < -0.4 is 15.0 Å². The van der Waals surface area contributed by atoms with Gasteiger partial charge in [-0.15, -0.1) is 0 Å². The number of aromatic amines is 1. The number of aromatic nitrogens is 1. The van der Waals surface area contributed by atoms with E-state index in [1.807, 2.05) is 0 Å². The Labute approximate surface area is 142 Å². The van der Waals surface area contributed by atoms with Crippen molar-refractivity contribution >= 4 is 54.7 Å². The van der Waals surface area contributed by atoms with Gasteiger partial charge < -0.3 is 14.5 Å². The maximum atomic E-state index is 12.0. The van der Waals surface area contributed by atoms with E-state index in [0.29, 0.717) is 19.9 Å². The Bertz CT molecular complexity index is 857. The molecular weight excluding hydrogens is 422 g/mol. The van der Waals surface area contributed by atoms with Gasteiger partial charge in [0, 0.05) is 23.7 Å². The molecule has 0 unspecified atom stereocenters. The highest BCUT2D eigenvalue weighted by Crippen LogP contribution is 2.41. The number of nitrogens with one attached hydrogen (secondary N) is 1. The third kappa shape index (κ3) is 3.07. The second-order valence-corrected chi connectivity index (χ2v) is 6.16. The van der Waals surface area contributed by atoms with Crippen LogP contribution >= 0.6 is 31.9 Å². The number of benzene rings is 1. The van der Waals surface area contributed by atoms with Gasteiger partial charge in [-0.1, -0.05) is 0 Å². The van der Waals surface area contributed by atoms with Gasteiger partial charge >= 0.3 is 11.9 Å². The summed E-state index contributed by atoms with van der Waals surface area (Å²) >= 11 is 6.58. The fourth-order valence-corrected chi connectivity index (χ4v) is 3.02. The van der Waals surface area contributed by atoms with Crippen molar-refractivity contribution in [1.82, 2.24) is 4.98 Å². The fourth-order valence-electron chi connectivity index (χ4n) is 2.02. The summed E-state index contributed by atoms with van der Waals surface area (Å²) in [5.41, 5.74) is 0.546. The molecule has 1 aromatic heterocycles. The summed E-state index contributed by atoms with van der Waals surface area (Å²) in [4.78, 5) is 37.2.